The van der Waals surface area contributed by atoms with E-state index in [0.29, 0.717) is 19.3 Å². The number of alkyl halides is 3. The molecule has 3 saturated carbocycles. The van der Waals surface area contributed by atoms with Crippen molar-refractivity contribution < 1.29 is 41.7 Å². The first-order valence-corrected chi connectivity index (χ1v) is 11.1. The van der Waals surface area contributed by atoms with E-state index in [9.17, 15) is 32.3 Å². The summed E-state index contributed by atoms with van der Waals surface area (Å²) in [7, 11) is 0. The monoisotopic (exact) mass is 520 g/mol. The number of allylic oxidation sites excluding steroid dienone is 2. The quantitative estimate of drug-likeness (QED) is 0.250. The zero-order chi connectivity index (χ0) is 25.9. The number of ether oxygens (including phenoxy) is 2. The Hall–Kier alpha value is -2.79. The molecule has 1 aromatic carbocycles. The van der Waals surface area contributed by atoms with E-state index in [1.54, 1.807) is 0 Å². The summed E-state index contributed by atoms with van der Waals surface area (Å²) >= 11 is 5.61. The molecule has 2 amide bonds. The maximum absolute atomic E-state index is 13.5. The van der Waals surface area contributed by atoms with E-state index in [4.69, 9.17) is 21.1 Å². The molecule has 4 rings (SSSR count). The first-order chi connectivity index (χ1) is 16.4. The average molecular weight is 521 g/mol. The van der Waals surface area contributed by atoms with Gasteiger partial charge in [-0.3, -0.25) is 9.59 Å². The van der Waals surface area contributed by atoms with Crippen LogP contribution >= 0.6 is 11.6 Å². The highest BCUT2D eigenvalue weighted by Gasteiger charge is 2.71. The van der Waals surface area contributed by atoms with Gasteiger partial charge in [0.2, 0.25) is 0 Å². The van der Waals surface area contributed by atoms with Gasteiger partial charge >= 0.3 is 6.18 Å². The predicted octanol–water partition coefficient (Wildman–Crippen LogP) is 3.51. The Bertz CT molecular complexity index is 994. The molecule has 2 bridgehead atoms. The van der Waals surface area contributed by atoms with E-state index in [1.807, 2.05) is 0 Å². The second-order valence-corrected chi connectivity index (χ2v) is 9.10. The van der Waals surface area contributed by atoms with E-state index in [0.717, 1.165) is 18.2 Å². The van der Waals surface area contributed by atoms with Crippen molar-refractivity contribution in [1.29, 1.82) is 0 Å². The number of β-amino-alcohol motifs (C(OH)–C–C–N with tert-alkyl or cyclic N) is 1. The number of benzene rings is 1. The summed E-state index contributed by atoms with van der Waals surface area (Å²) in [6.07, 6.45) is -2.18. The molecule has 3 fully saturated rings. The average Bonchev–Trinajstić information content (AvgIpc) is 2.72. The van der Waals surface area contributed by atoms with Crippen LogP contribution < -0.4 is 10.1 Å². The minimum atomic E-state index is -4.35. The predicted molar refractivity (Wildman–Crippen MR) is 118 cm³/mol. The third-order valence-corrected chi connectivity index (χ3v) is 6.21. The number of halogens is 5. The van der Waals surface area contributed by atoms with E-state index in [-0.39, 0.29) is 36.3 Å². The van der Waals surface area contributed by atoms with E-state index >= 15 is 0 Å². The lowest BCUT2D eigenvalue weighted by molar-refractivity contribution is -0.195. The van der Waals surface area contributed by atoms with Gasteiger partial charge in [0.15, 0.2) is 13.2 Å². The molecule has 0 radical (unpaired) electrons. The van der Waals surface area contributed by atoms with Gasteiger partial charge in [0.25, 0.3) is 11.8 Å². The zero-order valence-corrected chi connectivity index (χ0v) is 19.4. The highest BCUT2D eigenvalue weighted by atomic mass is 35.5. The molecular weight excluding hydrogens is 496 g/mol. The number of hydrogen-bond donors (Lipinski definition) is 2. The van der Waals surface area contributed by atoms with Crippen molar-refractivity contribution in [2.45, 2.75) is 42.9 Å². The van der Waals surface area contributed by atoms with Crippen molar-refractivity contribution >= 4 is 23.4 Å². The van der Waals surface area contributed by atoms with Gasteiger partial charge in [0.1, 0.15) is 17.3 Å². The van der Waals surface area contributed by atoms with Crippen molar-refractivity contribution in [1.82, 2.24) is 10.2 Å². The van der Waals surface area contributed by atoms with Crippen molar-refractivity contribution in [3.05, 3.63) is 53.5 Å². The molecule has 0 heterocycles. The fourth-order valence-electron chi connectivity index (χ4n) is 4.53. The lowest BCUT2D eigenvalue weighted by atomic mass is 9.43. The summed E-state index contributed by atoms with van der Waals surface area (Å²) < 4.78 is 60.5. The molecule has 0 atom stereocenters. The summed E-state index contributed by atoms with van der Waals surface area (Å²) in [4.78, 5) is 26.4. The molecule has 0 unspecified atom stereocenters. The molecule has 3 aliphatic rings. The second-order valence-electron chi connectivity index (χ2n) is 8.69. The second kappa shape index (κ2) is 10.4. The molecule has 0 aliphatic heterocycles. The molecule has 12 heteroatoms. The van der Waals surface area contributed by atoms with Gasteiger partial charge in [-0.2, -0.15) is 13.2 Å². The molecule has 0 aromatic heterocycles. The summed E-state index contributed by atoms with van der Waals surface area (Å²) in [6.45, 7) is 2.46. The Morgan fingerprint density at radius 2 is 1.94 bits per heavy atom. The third-order valence-electron chi connectivity index (χ3n) is 5.90. The Kier molecular flexibility index (Phi) is 8.00. The van der Waals surface area contributed by atoms with Crippen LogP contribution in [-0.2, 0) is 14.3 Å². The number of carbonyl (C=O) groups excluding carboxylic acids is 2. The number of nitrogens with zero attached hydrogens (tertiary/aromatic N) is 1. The van der Waals surface area contributed by atoms with Crippen LogP contribution in [0.25, 0.3) is 0 Å². The van der Waals surface area contributed by atoms with Crippen LogP contribution in [0.1, 0.15) is 25.7 Å². The number of aliphatic hydroxyl groups is 1. The van der Waals surface area contributed by atoms with Gasteiger partial charge in [-0.25, -0.2) is 4.39 Å². The minimum Gasteiger partial charge on any atom is -0.484 e. The topological polar surface area (TPSA) is 88.1 Å². The standard InChI is InChI=1S/C23H25ClF4N2O5/c1-15(3-2-6-23(26,27)28)34-11-20(33)30(7-8-31)22-12-21(13-22,14-22)29-19(32)10-35-16-4-5-17(24)18(25)9-16/h2-5,9,31H,1,6-8,10-14H2,(H,29,32)/b3-2-. The van der Waals surface area contributed by atoms with Crippen LogP contribution in [0.5, 0.6) is 5.75 Å². The Balaban J connectivity index is 1.45. The van der Waals surface area contributed by atoms with Gasteiger partial charge in [-0.1, -0.05) is 24.3 Å². The molecule has 2 N–H and O–H groups in total. The summed E-state index contributed by atoms with van der Waals surface area (Å²) in [5.74, 6) is -1.44. The fourth-order valence-corrected chi connectivity index (χ4v) is 4.65. The molecule has 35 heavy (non-hydrogen) atoms. The van der Waals surface area contributed by atoms with Gasteiger partial charge < -0.3 is 24.8 Å². The van der Waals surface area contributed by atoms with E-state index in [1.165, 1.54) is 17.0 Å². The molecule has 3 aliphatic carbocycles. The van der Waals surface area contributed by atoms with Crippen molar-refractivity contribution in [2.24, 2.45) is 0 Å². The van der Waals surface area contributed by atoms with E-state index in [2.05, 4.69) is 11.9 Å². The number of rotatable bonds is 12. The van der Waals surface area contributed by atoms with Crippen LogP contribution in [0, 0.1) is 5.82 Å². The van der Waals surface area contributed by atoms with Gasteiger partial charge in [0, 0.05) is 23.7 Å². The lowest BCUT2D eigenvalue weighted by Crippen LogP contribution is -2.84. The Labute approximate surface area is 204 Å². The first-order valence-electron chi connectivity index (χ1n) is 10.7. The van der Waals surface area contributed by atoms with Crippen molar-refractivity contribution in [2.75, 3.05) is 26.4 Å². The molecular formula is C23H25ClF4N2O5. The summed E-state index contributed by atoms with van der Waals surface area (Å²) in [5.41, 5.74) is -1.03. The summed E-state index contributed by atoms with van der Waals surface area (Å²) in [6, 6.07) is 3.84. The Morgan fingerprint density at radius 3 is 2.54 bits per heavy atom. The van der Waals surface area contributed by atoms with Gasteiger partial charge in [-0.05, 0) is 37.5 Å². The SMILES string of the molecule is C=C(/C=C\CC(F)(F)F)OCC(=O)N(CCO)C12CC(NC(=O)COc3ccc(Cl)c(F)c3)(C1)C2. The zero-order valence-electron chi connectivity index (χ0n) is 18.7. The normalized spacial score (nSPS) is 22.7. The maximum Gasteiger partial charge on any atom is 0.392 e. The largest absolute Gasteiger partial charge is 0.484 e. The highest BCUT2D eigenvalue weighted by Crippen LogP contribution is 2.63. The van der Waals surface area contributed by atoms with Crippen molar-refractivity contribution in [3.63, 3.8) is 0 Å². The van der Waals surface area contributed by atoms with Crippen LogP contribution in [0.15, 0.2) is 42.7 Å². The lowest BCUT2D eigenvalue weighted by Gasteiger charge is -2.73. The molecule has 192 valence electrons. The molecule has 0 saturated heterocycles. The smallest absolute Gasteiger partial charge is 0.392 e. The third kappa shape index (κ3) is 6.66. The number of carbonyl (C=O) groups is 2. The van der Waals surface area contributed by atoms with Gasteiger partial charge in [-0.15, -0.1) is 0 Å². The maximum atomic E-state index is 13.5. The van der Waals surface area contributed by atoms with E-state index < -0.39 is 47.9 Å². The van der Waals surface area contributed by atoms with Crippen LogP contribution in [-0.4, -0.2) is 65.4 Å². The Morgan fingerprint density at radius 1 is 1.26 bits per heavy atom. The number of amides is 2. The molecule has 1 aromatic rings. The van der Waals surface area contributed by atoms with Crippen molar-refractivity contribution in [3.8, 4) is 5.75 Å². The fraction of sp³-hybridized carbons (Fsp3) is 0.478. The highest BCUT2D eigenvalue weighted by molar-refractivity contribution is 6.30. The number of hydrogen-bond acceptors (Lipinski definition) is 5. The minimum absolute atomic E-state index is 0.0495. The van der Waals surface area contributed by atoms with Crippen LogP contribution in [0.3, 0.4) is 0 Å². The molecule has 7 nitrogen and oxygen atoms in total. The van der Waals surface area contributed by atoms with Crippen LogP contribution in [0.2, 0.25) is 5.02 Å². The van der Waals surface area contributed by atoms with Crippen LogP contribution in [0.4, 0.5) is 17.6 Å². The first kappa shape index (κ1) is 26.8. The number of nitrogens with one attached hydrogen (secondary N) is 1. The molecule has 0 spiro atoms. The summed E-state index contributed by atoms with van der Waals surface area (Å²) in [5, 5.41) is 12.2. The number of aliphatic hydroxyl groups excluding tert-OH is 1. The van der Waals surface area contributed by atoms with Gasteiger partial charge in [0.05, 0.1) is 18.1 Å².